The first-order valence-corrected chi connectivity index (χ1v) is 20.7. The molecule has 6 rings (SSSR count). The Kier molecular flexibility index (Phi) is 11.1. The van der Waals surface area contributed by atoms with Crippen LogP contribution in [0.5, 0.6) is 0 Å². The van der Waals surface area contributed by atoms with Gasteiger partial charge in [0.15, 0.2) is 17.6 Å². The number of esters is 2. The number of carbonyl (C=O) groups excluding carboxylic acids is 3. The van der Waals surface area contributed by atoms with Gasteiger partial charge in [-0.15, -0.1) is 0 Å². The van der Waals surface area contributed by atoms with Crippen molar-refractivity contribution in [3.63, 3.8) is 0 Å². The molecule has 0 saturated heterocycles. The first-order chi connectivity index (χ1) is 26.5. The number of H-pyrrole nitrogens is 1. The van der Waals surface area contributed by atoms with Crippen LogP contribution in [-0.2, 0) is 34.3 Å². The van der Waals surface area contributed by atoms with Gasteiger partial charge < -0.3 is 9.47 Å². The molecule has 2 aromatic heterocycles. The molecule has 0 aliphatic heterocycles. The molecule has 3 atom stereocenters. The van der Waals surface area contributed by atoms with Crippen molar-refractivity contribution in [3.05, 3.63) is 107 Å². The van der Waals surface area contributed by atoms with Crippen LogP contribution < -0.4 is 9.44 Å². The SMILES string of the molecule is [C-]#[N+]c1cn2[nH]c(-c3cccc(S(=O)(=O)Nc4cc(C)ccc4C(=O)OC(C)C(=O)NS(=O)(=O)c4ccccc4)c3)nc2c1C(=O)OC1C(C)CC(C)CC1C. The molecule has 2 heterocycles. The highest BCUT2D eigenvalue weighted by atomic mass is 32.2. The normalized spacial score (nSPS) is 19.1. The fraction of sp³-hybridized carbons (Fsp3) is 0.308. The van der Waals surface area contributed by atoms with Gasteiger partial charge >= 0.3 is 11.9 Å². The van der Waals surface area contributed by atoms with Crippen molar-refractivity contribution in [1.82, 2.24) is 19.3 Å². The number of hydrogen-bond acceptors (Lipinski definition) is 10. The number of amides is 1. The highest BCUT2D eigenvalue weighted by Crippen LogP contribution is 2.37. The Labute approximate surface area is 324 Å². The van der Waals surface area contributed by atoms with Gasteiger partial charge in [-0.1, -0.05) is 57.2 Å². The molecule has 0 bridgehead atoms. The van der Waals surface area contributed by atoms with Crippen molar-refractivity contribution in [2.75, 3.05) is 4.72 Å². The molecule has 3 unspecified atom stereocenters. The van der Waals surface area contributed by atoms with E-state index in [2.05, 4.69) is 40.4 Å². The zero-order chi connectivity index (χ0) is 40.5. The van der Waals surface area contributed by atoms with Crippen molar-refractivity contribution in [2.45, 2.75) is 69.5 Å². The van der Waals surface area contributed by atoms with Gasteiger partial charge in [-0.3, -0.25) is 19.1 Å². The Morgan fingerprint density at radius 3 is 2.27 bits per heavy atom. The first-order valence-electron chi connectivity index (χ1n) is 17.7. The number of sulfonamides is 2. The van der Waals surface area contributed by atoms with E-state index in [0.717, 1.165) is 12.8 Å². The molecule has 292 valence electrons. The summed E-state index contributed by atoms with van der Waals surface area (Å²) < 4.78 is 69.7. The van der Waals surface area contributed by atoms with E-state index in [1.54, 1.807) is 25.1 Å². The monoisotopic (exact) mass is 800 g/mol. The Hall–Kier alpha value is -5.99. The maximum absolute atomic E-state index is 13.8. The molecule has 1 aliphatic rings. The van der Waals surface area contributed by atoms with E-state index in [-0.39, 0.29) is 61.7 Å². The van der Waals surface area contributed by atoms with E-state index in [0.29, 0.717) is 17.0 Å². The number of aromatic nitrogens is 3. The second kappa shape index (κ2) is 15.6. The Balaban J connectivity index is 1.21. The van der Waals surface area contributed by atoms with Gasteiger partial charge in [0.05, 0.1) is 27.6 Å². The second-order valence-electron chi connectivity index (χ2n) is 14.2. The van der Waals surface area contributed by atoms with E-state index in [1.807, 2.05) is 4.72 Å². The molecule has 5 aromatic rings. The summed E-state index contributed by atoms with van der Waals surface area (Å²) in [6, 6.07) is 17.2. The number of carbonyl (C=O) groups is 3. The third kappa shape index (κ3) is 8.31. The summed E-state index contributed by atoms with van der Waals surface area (Å²) in [6.07, 6.45) is 1.38. The van der Waals surface area contributed by atoms with Gasteiger partial charge in [-0.25, -0.2) is 41.0 Å². The van der Waals surface area contributed by atoms with Gasteiger partial charge in [0.2, 0.25) is 5.69 Å². The Morgan fingerprint density at radius 2 is 1.59 bits per heavy atom. The number of benzene rings is 3. The van der Waals surface area contributed by atoms with E-state index in [9.17, 15) is 31.2 Å². The van der Waals surface area contributed by atoms with Crippen molar-refractivity contribution in [1.29, 1.82) is 0 Å². The molecule has 0 spiro atoms. The predicted molar refractivity (Wildman–Crippen MR) is 206 cm³/mol. The number of aromatic amines is 1. The average molecular weight is 801 g/mol. The predicted octanol–water partition coefficient (Wildman–Crippen LogP) is 6.27. The minimum absolute atomic E-state index is 0.00875. The van der Waals surface area contributed by atoms with Gasteiger partial charge in [0.1, 0.15) is 11.7 Å². The summed E-state index contributed by atoms with van der Waals surface area (Å²) in [7, 11) is -8.62. The standard InChI is InChI=1S/C39H40N6O9S2/c1-22-15-16-30(38(47)53-26(5)37(46)44-55(49,50)28-12-8-7-9-13-28)31(19-22)43-56(51,52)29-14-10-11-27(20-29)35-41-36-33(32(40-6)21-45(36)42-35)39(48)54-34-24(3)17-23(2)18-25(34)4/h7-16,19-21,23-26,34,43H,17-18H2,1-5H3,(H,41,42)(H,44,46). The highest BCUT2D eigenvalue weighted by molar-refractivity contribution is 7.92. The van der Waals surface area contributed by atoms with Crippen LogP contribution in [0.4, 0.5) is 11.4 Å². The highest BCUT2D eigenvalue weighted by Gasteiger charge is 2.36. The van der Waals surface area contributed by atoms with Gasteiger partial charge in [-0.05, 0) is 86.4 Å². The molecule has 56 heavy (non-hydrogen) atoms. The van der Waals surface area contributed by atoms with Gasteiger partial charge in [0.25, 0.3) is 26.0 Å². The number of rotatable bonds is 11. The van der Waals surface area contributed by atoms with Crippen molar-refractivity contribution in [2.24, 2.45) is 17.8 Å². The van der Waals surface area contributed by atoms with Crippen LogP contribution in [0.15, 0.2) is 88.8 Å². The molecule has 0 radical (unpaired) electrons. The van der Waals surface area contributed by atoms with E-state index in [4.69, 9.17) is 16.0 Å². The fourth-order valence-electron chi connectivity index (χ4n) is 7.03. The lowest BCUT2D eigenvalue weighted by Crippen LogP contribution is -2.39. The van der Waals surface area contributed by atoms with Crippen LogP contribution in [-0.4, -0.2) is 61.5 Å². The van der Waals surface area contributed by atoms with E-state index in [1.165, 1.54) is 72.2 Å². The molecule has 1 aliphatic carbocycles. The van der Waals surface area contributed by atoms with Crippen molar-refractivity contribution >= 4 is 54.9 Å². The molecule has 17 heteroatoms. The molecule has 1 fully saturated rings. The number of hydrogen-bond donors (Lipinski definition) is 3. The number of aryl methyl sites for hydroxylation is 1. The summed E-state index contributed by atoms with van der Waals surface area (Å²) in [5.41, 5.74) is 0.758. The number of nitrogens with zero attached hydrogens (tertiary/aromatic N) is 3. The van der Waals surface area contributed by atoms with Gasteiger partial charge in [-0.2, -0.15) is 0 Å². The lowest BCUT2D eigenvalue weighted by atomic mass is 9.75. The second-order valence-corrected chi connectivity index (χ2v) is 17.5. The van der Waals surface area contributed by atoms with Crippen molar-refractivity contribution in [3.8, 4) is 11.4 Å². The van der Waals surface area contributed by atoms with Crippen LogP contribution in [0, 0.1) is 31.2 Å². The molecular formula is C39H40N6O9S2. The molecule has 1 saturated carbocycles. The molecule has 3 N–H and O–H groups in total. The Bertz CT molecular complexity index is 2580. The summed E-state index contributed by atoms with van der Waals surface area (Å²) in [4.78, 5) is 47.3. The minimum Gasteiger partial charge on any atom is -0.459 e. The zero-order valence-electron chi connectivity index (χ0n) is 31.1. The minimum atomic E-state index is -4.37. The number of anilines is 1. The van der Waals surface area contributed by atoms with Crippen LogP contribution >= 0.6 is 0 Å². The third-order valence-corrected chi connectivity index (χ3v) is 12.4. The largest absolute Gasteiger partial charge is 0.459 e. The zero-order valence-corrected chi connectivity index (χ0v) is 32.8. The van der Waals surface area contributed by atoms with E-state index >= 15 is 0 Å². The van der Waals surface area contributed by atoms with Crippen LogP contribution in [0.2, 0.25) is 0 Å². The average Bonchev–Trinajstić information content (AvgIpc) is 3.71. The summed E-state index contributed by atoms with van der Waals surface area (Å²) in [6.45, 7) is 16.8. The smallest absolute Gasteiger partial charge is 0.341 e. The lowest BCUT2D eigenvalue weighted by Gasteiger charge is -2.37. The lowest BCUT2D eigenvalue weighted by molar-refractivity contribution is -0.127. The van der Waals surface area contributed by atoms with Crippen LogP contribution in [0.1, 0.15) is 66.8 Å². The van der Waals surface area contributed by atoms with Crippen LogP contribution in [0.3, 0.4) is 0 Å². The maximum atomic E-state index is 13.8. The quantitative estimate of drug-likeness (QED) is 0.101. The first kappa shape index (κ1) is 39.7. The molecule has 1 amide bonds. The summed E-state index contributed by atoms with van der Waals surface area (Å²) >= 11 is 0. The van der Waals surface area contributed by atoms with Crippen molar-refractivity contribution < 1.29 is 40.7 Å². The summed E-state index contributed by atoms with van der Waals surface area (Å²) in [5.74, 6) is -1.85. The molecular weight excluding hydrogens is 761 g/mol. The Morgan fingerprint density at radius 1 is 0.911 bits per heavy atom. The molecule has 15 nitrogen and oxygen atoms in total. The summed E-state index contributed by atoms with van der Waals surface area (Å²) in [5, 5.41) is 3.01. The third-order valence-electron chi connectivity index (χ3n) is 9.64. The van der Waals surface area contributed by atoms with E-state index < -0.39 is 44.0 Å². The fourth-order valence-corrected chi connectivity index (χ4v) is 9.21. The topological polar surface area (TPSA) is 199 Å². The number of nitrogens with one attached hydrogen (secondary N) is 3. The van der Waals surface area contributed by atoms with Crippen LogP contribution in [0.25, 0.3) is 21.9 Å². The maximum Gasteiger partial charge on any atom is 0.341 e. The number of ether oxygens (including phenoxy) is 2. The number of fused-ring (bicyclic) bond motifs is 1. The van der Waals surface area contributed by atoms with Gasteiger partial charge in [0, 0.05) is 11.8 Å². The molecule has 3 aromatic carbocycles.